The molecule has 35 heavy (non-hydrogen) atoms. The quantitative estimate of drug-likeness (QED) is 0.195. The molecule has 0 aliphatic carbocycles. The Morgan fingerprint density at radius 3 is 2.60 bits per heavy atom. The maximum Gasteiger partial charge on any atom is 0.307 e. The van der Waals surface area contributed by atoms with E-state index in [0.29, 0.717) is 35.5 Å². The van der Waals surface area contributed by atoms with Gasteiger partial charge in [-0.05, 0) is 61.1 Å². The number of aliphatic carboxylic acids is 1. The Bertz CT molecular complexity index is 1110. The summed E-state index contributed by atoms with van der Waals surface area (Å²) in [5.41, 5.74) is 2.16. The van der Waals surface area contributed by atoms with Crippen molar-refractivity contribution in [2.24, 2.45) is 11.8 Å². The highest BCUT2D eigenvalue weighted by Crippen LogP contribution is 2.28. The number of carboxylic acid groups (broad SMARTS) is 1. The number of nitrogens with one attached hydrogen (secondary N) is 2. The van der Waals surface area contributed by atoms with E-state index in [4.69, 9.17) is 16.7 Å². The third kappa shape index (κ3) is 7.95. The smallest absolute Gasteiger partial charge is 0.307 e. The summed E-state index contributed by atoms with van der Waals surface area (Å²) in [5.74, 6) is -2.53. The second-order valence-electron chi connectivity index (χ2n) is 8.43. The van der Waals surface area contributed by atoms with Crippen LogP contribution < -0.4 is 5.32 Å². The molecule has 0 aliphatic rings. The van der Waals surface area contributed by atoms with Crippen molar-refractivity contribution in [3.63, 3.8) is 0 Å². The molecule has 1 heterocycles. The SMILES string of the molecule is O=C(C[C@H](Cc1ccc(-c2cc(Cl)ccc2F)cc1)C[C@@H](CNCCCO)C(=O)O)c1cn[nH]n1. The molecule has 2 atom stereocenters. The fourth-order valence-electron chi connectivity index (χ4n) is 3.97. The second-order valence-corrected chi connectivity index (χ2v) is 8.86. The van der Waals surface area contributed by atoms with Gasteiger partial charge in [0.2, 0.25) is 0 Å². The minimum absolute atomic E-state index is 0.0225. The zero-order valence-corrected chi connectivity index (χ0v) is 19.8. The van der Waals surface area contributed by atoms with E-state index in [1.54, 1.807) is 18.2 Å². The first-order chi connectivity index (χ1) is 16.9. The molecule has 0 aliphatic heterocycles. The largest absolute Gasteiger partial charge is 0.481 e. The minimum atomic E-state index is -0.952. The number of carbonyl (C=O) groups is 2. The number of benzene rings is 2. The summed E-state index contributed by atoms with van der Waals surface area (Å²) in [5, 5.41) is 32.1. The van der Waals surface area contributed by atoms with Crippen LogP contribution in [-0.2, 0) is 11.2 Å². The standard InChI is InChI=1S/C25H28ClFN4O4/c26-20-6-7-22(27)21(13-20)18-4-2-16(3-5-18)10-17(12-24(33)23-15-29-31-30-23)11-19(25(34)35)14-28-8-1-9-32/h2-7,13,15,17,19,28,32H,1,8-12,14H2,(H,34,35)(H,29,30,31)/t17-,19+/m1/s1. The highest BCUT2D eigenvalue weighted by molar-refractivity contribution is 6.30. The number of hydrogen-bond donors (Lipinski definition) is 4. The Morgan fingerprint density at radius 2 is 1.94 bits per heavy atom. The van der Waals surface area contributed by atoms with Crippen molar-refractivity contribution < 1.29 is 24.2 Å². The first-order valence-electron chi connectivity index (χ1n) is 11.3. The normalized spacial score (nSPS) is 12.9. The van der Waals surface area contributed by atoms with E-state index in [2.05, 4.69) is 20.7 Å². The van der Waals surface area contributed by atoms with E-state index in [-0.39, 0.29) is 49.2 Å². The molecule has 0 fully saturated rings. The summed E-state index contributed by atoms with van der Waals surface area (Å²) in [6.07, 6.45) is 2.72. The number of halogens is 2. The molecule has 0 unspecified atom stereocenters. The van der Waals surface area contributed by atoms with Crippen LogP contribution in [-0.4, -0.2) is 57.1 Å². The van der Waals surface area contributed by atoms with E-state index in [1.807, 2.05) is 12.1 Å². The number of aromatic nitrogens is 3. The molecular weight excluding hydrogens is 475 g/mol. The van der Waals surface area contributed by atoms with Crippen LogP contribution in [0.1, 0.15) is 35.3 Å². The molecule has 0 saturated heterocycles. The molecule has 0 saturated carbocycles. The zero-order chi connectivity index (χ0) is 25.2. The molecule has 3 aromatic rings. The molecule has 3 rings (SSSR count). The van der Waals surface area contributed by atoms with Crippen molar-refractivity contribution in [2.75, 3.05) is 19.7 Å². The van der Waals surface area contributed by atoms with Crippen LogP contribution in [0.2, 0.25) is 5.02 Å². The number of carboxylic acids is 1. The Labute approximate surface area is 207 Å². The van der Waals surface area contributed by atoms with Gasteiger partial charge >= 0.3 is 5.97 Å². The van der Waals surface area contributed by atoms with Crippen LogP contribution in [0.25, 0.3) is 11.1 Å². The van der Waals surface area contributed by atoms with E-state index < -0.39 is 11.9 Å². The van der Waals surface area contributed by atoms with Crippen molar-refractivity contribution >= 4 is 23.4 Å². The number of rotatable bonds is 14. The number of ketones is 1. The first-order valence-corrected chi connectivity index (χ1v) is 11.7. The van der Waals surface area contributed by atoms with Crippen LogP contribution in [0, 0.1) is 17.7 Å². The Balaban J connectivity index is 1.75. The average Bonchev–Trinajstić information content (AvgIpc) is 3.38. The van der Waals surface area contributed by atoms with Crippen LogP contribution in [0.5, 0.6) is 0 Å². The fraction of sp³-hybridized carbons (Fsp3) is 0.360. The number of carbonyl (C=O) groups excluding carboxylic acids is 1. The summed E-state index contributed by atoms with van der Waals surface area (Å²) in [6, 6.07) is 11.6. The van der Waals surface area contributed by atoms with Gasteiger partial charge in [-0.25, -0.2) is 4.39 Å². The van der Waals surface area contributed by atoms with Crippen LogP contribution in [0.15, 0.2) is 48.7 Å². The molecule has 1 aromatic heterocycles. The number of H-pyrrole nitrogens is 1. The number of hydrogen-bond acceptors (Lipinski definition) is 6. The highest BCUT2D eigenvalue weighted by atomic mass is 35.5. The molecule has 2 aromatic carbocycles. The molecule has 10 heteroatoms. The maximum absolute atomic E-state index is 14.2. The van der Waals surface area contributed by atoms with Crippen molar-refractivity contribution in [3.8, 4) is 11.1 Å². The van der Waals surface area contributed by atoms with E-state index in [9.17, 15) is 19.1 Å². The van der Waals surface area contributed by atoms with Gasteiger partial charge in [-0.15, -0.1) is 0 Å². The number of aromatic amines is 1. The van der Waals surface area contributed by atoms with E-state index >= 15 is 0 Å². The van der Waals surface area contributed by atoms with Gasteiger partial charge in [0.15, 0.2) is 5.78 Å². The fourth-order valence-corrected chi connectivity index (χ4v) is 4.14. The predicted octanol–water partition coefficient (Wildman–Crippen LogP) is 3.76. The van der Waals surface area contributed by atoms with Crippen molar-refractivity contribution in [1.82, 2.24) is 20.7 Å². The van der Waals surface area contributed by atoms with Gasteiger partial charge < -0.3 is 15.5 Å². The van der Waals surface area contributed by atoms with E-state index in [1.165, 1.54) is 18.3 Å². The molecule has 8 nitrogen and oxygen atoms in total. The van der Waals surface area contributed by atoms with Crippen molar-refractivity contribution in [3.05, 3.63) is 70.8 Å². The predicted molar refractivity (Wildman–Crippen MR) is 130 cm³/mol. The molecule has 0 spiro atoms. The van der Waals surface area contributed by atoms with Gasteiger partial charge in [-0.1, -0.05) is 35.9 Å². The molecule has 0 amide bonds. The Kier molecular flexibility index (Phi) is 9.89. The highest BCUT2D eigenvalue weighted by Gasteiger charge is 2.25. The Morgan fingerprint density at radius 1 is 1.17 bits per heavy atom. The number of nitrogens with zero attached hydrogens (tertiary/aromatic N) is 2. The lowest BCUT2D eigenvalue weighted by Gasteiger charge is -2.21. The van der Waals surface area contributed by atoms with Gasteiger partial charge in [-0.2, -0.15) is 15.4 Å². The molecule has 0 radical (unpaired) electrons. The molecule has 186 valence electrons. The number of Topliss-reactive ketones (excluding diaryl/α,β-unsaturated/α-hetero) is 1. The monoisotopic (exact) mass is 502 g/mol. The number of aliphatic hydroxyl groups is 1. The lowest BCUT2D eigenvalue weighted by atomic mass is 9.85. The third-order valence-corrected chi connectivity index (χ3v) is 6.00. The second kappa shape index (κ2) is 13.1. The molecule has 0 bridgehead atoms. The van der Waals surface area contributed by atoms with Crippen LogP contribution in [0.3, 0.4) is 0 Å². The van der Waals surface area contributed by atoms with Crippen molar-refractivity contribution in [2.45, 2.75) is 25.7 Å². The first kappa shape index (κ1) is 26.5. The topological polar surface area (TPSA) is 128 Å². The van der Waals surface area contributed by atoms with Gasteiger partial charge in [0, 0.05) is 30.2 Å². The number of aliphatic hydroxyl groups excluding tert-OH is 1. The van der Waals surface area contributed by atoms with Gasteiger partial charge in [0.1, 0.15) is 11.5 Å². The van der Waals surface area contributed by atoms with Crippen LogP contribution in [0.4, 0.5) is 4.39 Å². The summed E-state index contributed by atoms with van der Waals surface area (Å²) >= 11 is 6.01. The maximum atomic E-state index is 14.2. The van der Waals surface area contributed by atoms with Crippen LogP contribution >= 0.6 is 11.6 Å². The summed E-state index contributed by atoms with van der Waals surface area (Å²) < 4.78 is 14.2. The van der Waals surface area contributed by atoms with Gasteiger partial charge in [0.05, 0.1) is 12.1 Å². The van der Waals surface area contributed by atoms with Gasteiger partial charge in [-0.3, -0.25) is 9.59 Å². The molecule has 4 N–H and O–H groups in total. The van der Waals surface area contributed by atoms with E-state index in [0.717, 1.165) is 5.56 Å². The van der Waals surface area contributed by atoms with Gasteiger partial charge in [0.25, 0.3) is 0 Å². The van der Waals surface area contributed by atoms with Crippen molar-refractivity contribution in [1.29, 1.82) is 0 Å². The lowest BCUT2D eigenvalue weighted by Crippen LogP contribution is -2.32. The average molecular weight is 503 g/mol. The molecular formula is C25H28ClFN4O4. The summed E-state index contributed by atoms with van der Waals surface area (Å²) in [7, 11) is 0. The zero-order valence-electron chi connectivity index (χ0n) is 19.1. The summed E-state index contributed by atoms with van der Waals surface area (Å²) in [6.45, 7) is 0.760. The lowest BCUT2D eigenvalue weighted by molar-refractivity contribution is -0.142. The summed E-state index contributed by atoms with van der Waals surface area (Å²) in [4.78, 5) is 24.6. The Hall–Kier alpha value is -3.14. The minimum Gasteiger partial charge on any atom is -0.481 e. The third-order valence-electron chi connectivity index (χ3n) is 5.76.